The van der Waals surface area contributed by atoms with E-state index < -0.39 is 6.10 Å². The van der Waals surface area contributed by atoms with Gasteiger partial charge < -0.3 is 26.4 Å². The van der Waals surface area contributed by atoms with Crippen molar-refractivity contribution in [1.82, 2.24) is 5.32 Å². The molecule has 78 valence electrons. The van der Waals surface area contributed by atoms with E-state index in [0.29, 0.717) is 12.1 Å². The molecule has 0 bridgehead atoms. The molecule has 5 nitrogen and oxygen atoms in total. The summed E-state index contributed by atoms with van der Waals surface area (Å²) in [7, 11) is 1.70. The smallest absolute Gasteiger partial charge is 0.180 e. The largest absolute Gasteiger partial charge is 0.504 e. The minimum absolute atomic E-state index is 0.0511. The Balaban J connectivity index is 3.00. The van der Waals surface area contributed by atoms with Crippen molar-refractivity contribution in [1.29, 1.82) is 0 Å². The Hall–Kier alpha value is -1.46. The van der Waals surface area contributed by atoms with Crippen LogP contribution in [-0.4, -0.2) is 28.9 Å². The zero-order valence-corrected chi connectivity index (χ0v) is 7.86. The molecule has 0 heterocycles. The summed E-state index contributed by atoms with van der Waals surface area (Å²) in [6.07, 6.45) is -0.756. The Bertz CT molecular complexity index is 305. The maximum atomic E-state index is 9.55. The van der Waals surface area contributed by atoms with Crippen molar-refractivity contribution in [2.45, 2.75) is 6.10 Å². The van der Waals surface area contributed by atoms with E-state index in [1.807, 2.05) is 0 Å². The molecule has 5 heteroatoms. The van der Waals surface area contributed by atoms with Crippen molar-refractivity contribution < 1.29 is 15.3 Å². The molecule has 1 rings (SSSR count). The highest BCUT2D eigenvalue weighted by molar-refractivity contribution is 5.61. The predicted molar refractivity (Wildman–Crippen MR) is 53.1 cm³/mol. The molecule has 6 N–H and O–H groups in total. The lowest BCUT2D eigenvalue weighted by Crippen LogP contribution is -2.16. The van der Waals surface area contributed by atoms with Crippen LogP contribution in [0.2, 0.25) is 0 Å². The number of aliphatic hydroxyl groups is 1. The molecule has 0 spiro atoms. The quantitative estimate of drug-likeness (QED) is 0.346. The summed E-state index contributed by atoms with van der Waals surface area (Å²) in [5, 5.41) is 30.7. The molecule has 0 amide bonds. The summed E-state index contributed by atoms with van der Waals surface area (Å²) in [4.78, 5) is 0. The number of aliphatic hydroxyl groups excluding tert-OH is 1. The van der Waals surface area contributed by atoms with Crippen molar-refractivity contribution in [2.75, 3.05) is 19.3 Å². The number of nitrogens with two attached hydrogens (primary N) is 1. The summed E-state index contributed by atoms with van der Waals surface area (Å²) in [5.74, 6) is -0.680. The van der Waals surface area contributed by atoms with Gasteiger partial charge in [0.2, 0.25) is 0 Å². The van der Waals surface area contributed by atoms with Gasteiger partial charge in [-0.3, -0.25) is 0 Å². The fourth-order valence-electron chi connectivity index (χ4n) is 1.17. The van der Waals surface area contributed by atoms with Crippen LogP contribution in [-0.2, 0) is 0 Å². The Labute approximate surface area is 81.8 Å². The van der Waals surface area contributed by atoms with Crippen LogP contribution in [0.3, 0.4) is 0 Å². The Morgan fingerprint density at radius 2 is 2.07 bits per heavy atom. The number of phenols is 2. The highest BCUT2D eigenvalue weighted by Crippen LogP contribution is 2.34. The van der Waals surface area contributed by atoms with Crippen LogP contribution in [0.5, 0.6) is 11.5 Å². The third kappa shape index (κ3) is 2.07. The average Bonchev–Trinajstić information content (AvgIpc) is 2.13. The first kappa shape index (κ1) is 10.6. The van der Waals surface area contributed by atoms with Crippen LogP contribution in [0.15, 0.2) is 12.1 Å². The van der Waals surface area contributed by atoms with Gasteiger partial charge in [0.1, 0.15) is 0 Å². The molecule has 0 aliphatic carbocycles. The monoisotopic (exact) mass is 198 g/mol. The molecule has 0 aliphatic heterocycles. The van der Waals surface area contributed by atoms with Crippen molar-refractivity contribution in [2.24, 2.45) is 0 Å². The van der Waals surface area contributed by atoms with Crippen LogP contribution < -0.4 is 11.1 Å². The standard InChI is InChI=1S/C9H14N2O3/c1-11-4-8(13)5-2-6(10)9(14)7(12)3-5/h2-3,8,11-14H,4,10H2,1H3/t8-/m0/s1. The maximum absolute atomic E-state index is 9.55. The second-order valence-electron chi connectivity index (χ2n) is 3.05. The van der Waals surface area contributed by atoms with Crippen LogP contribution in [0, 0.1) is 0 Å². The Morgan fingerprint density at radius 3 is 2.57 bits per heavy atom. The second-order valence-corrected chi connectivity index (χ2v) is 3.05. The lowest BCUT2D eigenvalue weighted by atomic mass is 10.1. The molecule has 0 saturated heterocycles. The molecule has 0 aromatic heterocycles. The molecule has 1 atom stereocenters. The number of aromatic hydroxyl groups is 2. The van der Waals surface area contributed by atoms with Gasteiger partial charge in [-0.25, -0.2) is 0 Å². The minimum Gasteiger partial charge on any atom is -0.504 e. The zero-order valence-electron chi connectivity index (χ0n) is 7.86. The van der Waals surface area contributed by atoms with Gasteiger partial charge in [-0.1, -0.05) is 0 Å². The molecule has 0 fully saturated rings. The van der Waals surface area contributed by atoms with Crippen LogP contribution in [0.1, 0.15) is 11.7 Å². The summed E-state index contributed by atoms with van der Waals surface area (Å²) in [5.41, 5.74) is 5.93. The lowest BCUT2D eigenvalue weighted by Gasteiger charge is -2.12. The van der Waals surface area contributed by atoms with E-state index in [4.69, 9.17) is 5.73 Å². The third-order valence-electron chi connectivity index (χ3n) is 1.92. The second kappa shape index (κ2) is 4.17. The first-order chi connectivity index (χ1) is 6.56. The van der Waals surface area contributed by atoms with E-state index in [1.54, 1.807) is 7.05 Å². The lowest BCUT2D eigenvalue weighted by molar-refractivity contribution is 0.177. The van der Waals surface area contributed by atoms with Gasteiger partial charge in [-0.15, -0.1) is 0 Å². The minimum atomic E-state index is -0.756. The molecule has 0 radical (unpaired) electrons. The fraction of sp³-hybridized carbons (Fsp3) is 0.333. The van der Waals surface area contributed by atoms with E-state index in [2.05, 4.69) is 5.32 Å². The molecule has 14 heavy (non-hydrogen) atoms. The predicted octanol–water partition coefficient (Wildman–Crippen LogP) is -0.0672. The first-order valence-corrected chi connectivity index (χ1v) is 4.20. The number of nitrogens with one attached hydrogen (secondary N) is 1. The van der Waals surface area contributed by atoms with E-state index in [0.717, 1.165) is 0 Å². The molecule has 0 unspecified atom stereocenters. The van der Waals surface area contributed by atoms with Crippen LogP contribution in [0.25, 0.3) is 0 Å². The van der Waals surface area contributed by atoms with Gasteiger partial charge in [-0.2, -0.15) is 0 Å². The fourth-order valence-corrected chi connectivity index (χ4v) is 1.17. The highest BCUT2D eigenvalue weighted by atomic mass is 16.3. The van der Waals surface area contributed by atoms with Gasteiger partial charge in [0.15, 0.2) is 11.5 Å². The third-order valence-corrected chi connectivity index (χ3v) is 1.92. The van der Waals surface area contributed by atoms with E-state index >= 15 is 0 Å². The number of hydrogen-bond acceptors (Lipinski definition) is 5. The summed E-state index contributed by atoms with van der Waals surface area (Å²) >= 11 is 0. The molecule has 1 aromatic carbocycles. The van der Waals surface area contributed by atoms with E-state index in [1.165, 1.54) is 12.1 Å². The number of rotatable bonds is 3. The Morgan fingerprint density at radius 1 is 1.43 bits per heavy atom. The van der Waals surface area contributed by atoms with Gasteiger partial charge in [0.05, 0.1) is 11.8 Å². The van der Waals surface area contributed by atoms with Gasteiger partial charge in [0, 0.05) is 6.54 Å². The first-order valence-electron chi connectivity index (χ1n) is 4.20. The Kier molecular flexibility index (Phi) is 3.16. The molecule has 1 aromatic rings. The molecular weight excluding hydrogens is 184 g/mol. The molecular formula is C9H14N2O3. The summed E-state index contributed by atoms with van der Waals surface area (Å²) in [6, 6.07) is 2.71. The summed E-state index contributed by atoms with van der Waals surface area (Å²) < 4.78 is 0. The number of anilines is 1. The van der Waals surface area contributed by atoms with Crippen molar-refractivity contribution in [3.63, 3.8) is 0 Å². The average molecular weight is 198 g/mol. The topological polar surface area (TPSA) is 98.7 Å². The molecule has 0 saturated carbocycles. The van der Waals surface area contributed by atoms with Crippen molar-refractivity contribution >= 4 is 5.69 Å². The number of nitrogen functional groups attached to an aromatic ring is 1. The van der Waals surface area contributed by atoms with Gasteiger partial charge >= 0.3 is 0 Å². The van der Waals surface area contributed by atoms with E-state index in [9.17, 15) is 15.3 Å². The van der Waals surface area contributed by atoms with Crippen LogP contribution in [0.4, 0.5) is 5.69 Å². The summed E-state index contributed by atoms with van der Waals surface area (Å²) in [6.45, 7) is 0.351. The van der Waals surface area contributed by atoms with Gasteiger partial charge in [0.25, 0.3) is 0 Å². The molecule has 0 aliphatic rings. The number of phenolic OH excluding ortho intramolecular Hbond substituents is 2. The normalized spacial score (nSPS) is 12.7. The van der Waals surface area contributed by atoms with E-state index in [-0.39, 0.29) is 17.2 Å². The van der Waals surface area contributed by atoms with Crippen molar-refractivity contribution in [3.05, 3.63) is 17.7 Å². The SMILES string of the molecule is CNC[C@H](O)c1cc(N)c(O)c(O)c1. The zero-order chi connectivity index (χ0) is 10.7. The highest BCUT2D eigenvalue weighted by Gasteiger charge is 2.12. The van der Waals surface area contributed by atoms with Crippen LogP contribution >= 0.6 is 0 Å². The number of hydrogen-bond donors (Lipinski definition) is 5. The van der Waals surface area contributed by atoms with Gasteiger partial charge in [-0.05, 0) is 24.7 Å². The number of benzene rings is 1. The maximum Gasteiger partial charge on any atom is 0.180 e. The number of likely N-dealkylation sites (N-methyl/N-ethyl adjacent to an activating group) is 1. The van der Waals surface area contributed by atoms with Crippen molar-refractivity contribution in [3.8, 4) is 11.5 Å².